The van der Waals surface area contributed by atoms with Crippen LogP contribution in [0, 0.1) is 0 Å². The molecule has 0 aliphatic heterocycles. The van der Waals surface area contributed by atoms with Gasteiger partial charge in [-0.3, -0.25) is 4.99 Å². The number of nitrogens with zero attached hydrogens (tertiary/aromatic N) is 1. The summed E-state index contributed by atoms with van der Waals surface area (Å²) in [5.74, 6) is 0.651. The number of hydrogen-bond donors (Lipinski definition) is 3. The minimum absolute atomic E-state index is 0. The lowest BCUT2D eigenvalue weighted by Crippen LogP contribution is -2.38. The fourth-order valence-corrected chi connectivity index (χ4v) is 1.37. The second-order valence-corrected chi connectivity index (χ2v) is 4.93. The van der Waals surface area contributed by atoms with E-state index in [0.717, 1.165) is 12.8 Å². The molecule has 0 aromatic carbocycles. The molecule has 0 aliphatic carbocycles. The molecule has 8 heteroatoms. The normalized spacial score (nSPS) is 11.5. The quantitative estimate of drug-likeness (QED) is 0.191. The van der Waals surface area contributed by atoms with E-state index >= 15 is 0 Å². The lowest BCUT2D eigenvalue weighted by molar-refractivity contribution is 0.588. The molecule has 0 aromatic rings. The average molecular weight is 376 g/mol. The van der Waals surface area contributed by atoms with E-state index in [1.54, 1.807) is 6.08 Å². The number of nitrogens with one attached hydrogen (secondary N) is 3. The van der Waals surface area contributed by atoms with Crippen molar-refractivity contribution in [3.05, 3.63) is 12.7 Å². The first-order valence-electron chi connectivity index (χ1n) is 5.07. The number of hydrogen-bond acceptors (Lipinski definition) is 3. The van der Waals surface area contributed by atoms with Gasteiger partial charge in [0.1, 0.15) is 0 Å². The van der Waals surface area contributed by atoms with Crippen LogP contribution < -0.4 is 15.4 Å². The molecule has 6 nitrogen and oxygen atoms in total. The standard InChI is InChI=1S/C9H20N4O2S.HI/c1-4-6-11-9(10-5-2)12-7-8-13-16(3,14)15;/h4,13H,1,5-8H2,2-3H3,(H2,10,11,12);1H. The molecule has 0 unspecified atom stereocenters. The van der Waals surface area contributed by atoms with Crippen molar-refractivity contribution in [1.82, 2.24) is 15.4 Å². The molecule has 3 N–H and O–H groups in total. The first kappa shape index (κ1) is 19.0. The summed E-state index contributed by atoms with van der Waals surface area (Å²) in [5.41, 5.74) is 0. The molecular formula is C9H21IN4O2S. The molecule has 0 atom stereocenters. The third-order valence-corrected chi connectivity index (χ3v) is 2.23. The van der Waals surface area contributed by atoms with E-state index in [9.17, 15) is 8.42 Å². The monoisotopic (exact) mass is 376 g/mol. The second kappa shape index (κ2) is 10.8. The van der Waals surface area contributed by atoms with Crippen LogP contribution in [0.4, 0.5) is 0 Å². The van der Waals surface area contributed by atoms with E-state index in [4.69, 9.17) is 0 Å². The van der Waals surface area contributed by atoms with Crippen LogP contribution in [0.25, 0.3) is 0 Å². The summed E-state index contributed by atoms with van der Waals surface area (Å²) < 4.78 is 23.9. The van der Waals surface area contributed by atoms with Gasteiger partial charge in [0, 0.05) is 19.6 Å². The maximum Gasteiger partial charge on any atom is 0.208 e. The van der Waals surface area contributed by atoms with Gasteiger partial charge < -0.3 is 10.6 Å². The highest BCUT2D eigenvalue weighted by molar-refractivity contribution is 14.0. The average Bonchev–Trinajstić information content (AvgIpc) is 2.19. The Hall–Kier alpha value is -0.350. The fraction of sp³-hybridized carbons (Fsp3) is 0.667. The predicted molar refractivity (Wildman–Crippen MR) is 82.4 cm³/mol. The van der Waals surface area contributed by atoms with Crippen molar-refractivity contribution in [2.75, 3.05) is 32.4 Å². The van der Waals surface area contributed by atoms with Crippen LogP contribution in [0.3, 0.4) is 0 Å². The van der Waals surface area contributed by atoms with Crippen LogP contribution in [0.15, 0.2) is 17.6 Å². The van der Waals surface area contributed by atoms with Crippen molar-refractivity contribution >= 4 is 40.0 Å². The van der Waals surface area contributed by atoms with Gasteiger partial charge in [-0.2, -0.15) is 0 Å². The molecule has 0 heterocycles. The number of guanidine groups is 1. The molecule has 0 rings (SSSR count). The molecule has 0 aliphatic rings. The third-order valence-electron chi connectivity index (χ3n) is 1.50. The zero-order valence-corrected chi connectivity index (χ0v) is 13.3. The second-order valence-electron chi connectivity index (χ2n) is 3.10. The number of sulfonamides is 1. The van der Waals surface area contributed by atoms with Crippen molar-refractivity contribution in [3.8, 4) is 0 Å². The summed E-state index contributed by atoms with van der Waals surface area (Å²) in [6, 6.07) is 0. The summed E-state index contributed by atoms with van der Waals surface area (Å²) >= 11 is 0. The Kier molecular flexibility index (Phi) is 12.1. The van der Waals surface area contributed by atoms with Gasteiger partial charge in [-0.25, -0.2) is 13.1 Å². The fourth-order valence-electron chi connectivity index (χ4n) is 0.909. The molecule has 0 bridgehead atoms. The smallest absolute Gasteiger partial charge is 0.208 e. The van der Waals surface area contributed by atoms with Gasteiger partial charge in [-0.1, -0.05) is 6.08 Å². The maximum absolute atomic E-state index is 10.8. The van der Waals surface area contributed by atoms with E-state index in [2.05, 4.69) is 26.9 Å². The summed E-state index contributed by atoms with van der Waals surface area (Å²) in [6.07, 6.45) is 2.85. The SMILES string of the molecule is C=CCNC(=NCCNS(C)(=O)=O)NCC.I. The van der Waals surface area contributed by atoms with Gasteiger partial charge in [-0.05, 0) is 6.92 Å². The van der Waals surface area contributed by atoms with Crippen molar-refractivity contribution in [3.63, 3.8) is 0 Å². The van der Waals surface area contributed by atoms with E-state index in [-0.39, 0.29) is 24.0 Å². The number of halogens is 1. The Morgan fingerprint density at radius 3 is 2.53 bits per heavy atom. The first-order chi connectivity index (χ1) is 7.49. The molecule has 0 spiro atoms. The molecule has 0 fully saturated rings. The largest absolute Gasteiger partial charge is 0.357 e. The van der Waals surface area contributed by atoms with Crippen molar-refractivity contribution < 1.29 is 8.42 Å². The van der Waals surface area contributed by atoms with Crippen LogP contribution in [-0.4, -0.2) is 46.8 Å². The zero-order chi connectivity index (χ0) is 12.4. The number of aliphatic imine (C=N–C) groups is 1. The van der Waals surface area contributed by atoms with Crippen LogP contribution in [0.1, 0.15) is 6.92 Å². The van der Waals surface area contributed by atoms with Crippen LogP contribution >= 0.6 is 24.0 Å². The zero-order valence-electron chi connectivity index (χ0n) is 10.2. The minimum atomic E-state index is -3.13. The predicted octanol–water partition coefficient (Wildman–Crippen LogP) is -0.105. The van der Waals surface area contributed by atoms with Gasteiger partial charge in [0.25, 0.3) is 0 Å². The van der Waals surface area contributed by atoms with Gasteiger partial charge in [0.05, 0.1) is 12.8 Å². The van der Waals surface area contributed by atoms with Crippen LogP contribution in [0.5, 0.6) is 0 Å². The van der Waals surface area contributed by atoms with Crippen molar-refractivity contribution in [2.45, 2.75) is 6.92 Å². The van der Waals surface area contributed by atoms with Gasteiger partial charge in [0.2, 0.25) is 10.0 Å². The summed E-state index contributed by atoms with van der Waals surface area (Å²) in [5, 5.41) is 6.04. The Balaban J connectivity index is 0. The Labute approximate surface area is 120 Å². The molecular weight excluding hydrogens is 355 g/mol. The molecule has 102 valence electrons. The summed E-state index contributed by atoms with van der Waals surface area (Å²) in [6.45, 7) is 7.60. The van der Waals surface area contributed by atoms with Crippen LogP contribution in [0.2, 0.25) is 0 Å². The molecule has 0 saturated heterocycles. The van der Waals surface area contributed by atoms with Crippen molar-refractivity contribution in [1.29, 1.82) is 0 Å². The third kappa shape index (κ3) is 13.6. The van der Waals surface area contributed by atoms with Crippen molar-refractivity contribution in [2.24, 2.45) is 4.99 Å². The van der Waals surface area contributed by atoms with Gasteiger partial charge in [0.15, 0.2) is 5.96 Å². The molecule has 0 aromatic heterocycles. The van der Waals surface area contributed by atoms with E-state index < -0.39 is 10.0 Å². The molecule has 0 amide bonds. The first-order valence-corrected chi connectivity index (χ1v) is 6.96. The summed E-state index contributed by atoms with van der Waals surface area (Å²) in [7, 11) is -3.13. The molecule has 17 heavy (non-hydrogen) atoms. The van der Waals surface area contributed by atoms with Crippen LogP contribution in [-0.2, 0) is 10.0 Å². The lowest BCUT2D eigenvalue weighted by atomic mass is 10.6. The highest BCUT2D eigenvalue weighted by atomic mass is 127. The lowest BCUT2D eigenvalue weighted by Gasteiger charge is -2.09. The maximum atomic E-state index is 10.8. The van der Waals surface area contributed by atoms with E-state index in [1.165, 1.54) is 0 Å². The Morgan fingerprint density at radius 2 is 2.06 bits per heavy atom. The summed E-state index contributed by atoms with van der Waals surface area (Å²) in [4.78, 5) is 4.17. The number of rotatable bonds is 7. The Morgan fingerprint density at radius 1 is 1.41 bits per heavy atom. The van der Waals surface area contributed by atoms with Gasteiger partial charge >= 0.3 is 0 Å². The topological polar surface area (TPSA) is 82.6 Å². The van der Waals surface area contributed by atoms with E-state index in [1.807, 2.05) is 6.92 Å². The highest BCUT2D eigenvalue weighted by Crippen LogP contribution is 1.76. The van der Waals surface area contributed by atoms with E-state index in [0.29, 0.717) is 25.6 Å². The minimum Gasteiger partial charge on any atom is -0.357 e. The van der Waals surface area contributed by atoms with Gasteiger partial charge in [-0.15, -0.1) is 30.6 Å². The Bertz CT molecular complexity index is 330. The highest BCUT2D eigenvalue weighted by Gasteiger charge is 1.98. The molecule has 0 saturated carbocycles. The molecule has 0 radical (unpaired) electrons.